The molecular formula is C11H12N2O2S. The zero-order valence-corrected chi connectivity index (χ0v) is 9.56. The zero-order chi connectivity index (χ0) is 11.5. The molecule has 1 heterocycles. The molecule has 0 atom stereocenters. The van der Waals surface area contributed by atoms with E-state index in [0.29, 0.717) is 5.56 Å². The maximum atomic E-state index is 10.5. The second kappa shape index (κ2) is 4.54. The Morgan fingerprint density at radius 3 is 2.94 bits per heavy atom. The van der Waals surface area contributed by atoms with Gasteiger partial charge in [-0.3, -0.25) is 4.79 Å². The fourth-order valence-electron chi connectivity index (χ4n) is 1.96. The third-order valence-corrected chi connectivity index (χ3v) is 3.93. The highest BCUT2D eigenvalue weighted by molar-refractivity contribution is 7.16. The predicted molar refractivity (Wildman–Crippen MR) is 61.8 cm³/mol. The molecule has 84 valence electrons. The minimum Gasteiger partial charge on any atom is -0.480 e. The van der Waals surface area contributed by atoms with Crippen LogP contribution in [-0.4, -0.2) is 17.6 Å². The molecule has 0 amide bonds. The van der Waals surface area contributed by atoms with Crippen molar-refractivity contribution < 1.29 is 9.90 Å². The standard InChI is InChI=1S/C11H12N2O2S/c12-5-8-7-3-1-2-4-9(7)16-11(8)13-6-10(14)15/h13H,1-4,6H2,(H,14,15). The summed E-state index contributed by atoms with van der Waals surface area (Å²) in [5.41, 5.74) is 1.78. The highest BCUT2D eigenvalue weighted by Gasteiger charge is 2.20. The Morgan fingerprint density at radius 1 is 1.50 bits per heavy atom. The summed E-state index contributed by atoms with van der Waals surface area (Å²) in [5, 5.41) is 21.2. The van der Waals surface area contributed by atoms with Gasteiger partial charge in [0.05, 0.1) is 5.56 Å². The first kappa shape index (κ1) is 11.0. The average Bonchev–Trinajstić information content (AvgIpc) is 2.63. The molecule has 0 spiro atoms. The maximum Gasteiger partial charge on any atom is 0.322 e. The van der Waals surface area contributed by atoms with E-state index in [1.807, 2.05) is 0 Å². The van der Waals surface area contributed by atoms with E-state index in [4.69, 9.17) is 10.4 Å². The number of anilines is 1. The van der Waals surface area contributed by atoms with Gasteiger partial charge >= 0.3 is 5.97 Å². The molecule has 2 N–H and O–H groups in total. The normalized spacial score (nSPS) is 13.9. The van der Waals surface area contributed by atoms with E-state index in [0.717, 1.165) is 36.2 Å². The number of carbonyl (C=O) groups is 1. The number of nitriles is 1. The van der Waals surface area contributed by atoms with Gasteiger partial charge in [-0.25, -0.2) is 0 Å². The molecule has 16 heavy (non-hydrogen) atoms. The lowest BCUT2D eigenvalue weighted by Crippen LogP contribution is -2.12. The summed E-state index contributed by atoms with van der Waals surface area (Å²) >= 11 is 1.53. The summed E-state index contributed by atoms with van der Waals surface area (Å²) < 4.78 is 0. The highest BCUT2D eigenvalue weighted by Crippen LogP contribution is 2.37. The maximum absolute atomic E-state index is 10.5. The van der Waals surface area contributed by atoms with Crippen LogP contribution in [0.15, 0.2) is 0 Å². The molecule has 0 saturated heterocycles. The van der Waals surface area contributed by atoms with E-state index in [1.165, 1.54) is 16.2 Å². The monoisotopic (exact) mass is 236 g/mol. The van der Waals surface area contributed by atoms with E-state index >= 15 is 0 Å². The first-order valence-electron chi connectivity index (χ1n) is 5.22. The number of thiophene rings is 1. The molecule has 0 radical (unpaired) electrons. The van der Waals surface area contributed by atoms with Crippen LogP contribution >= 0.6 is 11.3 Å². The third-order valence-electron chi connectivity index (χ3n) is 2.68. The number of carboxylic acid groups (broad SMARTS) is 1. The van der Waals surface area contributed by atoms with Gasteiger partial charge in [-0.05, 0) is 31.2 Å². The number of nitrogens with one attached hydrogen (secondary N) is 1. The SMILES string of the molecule is N#Cc1c(NCC(=O)O)sc2c1CCCC2. The van der Waals surface area contributed by atoms with Crippen molar-refractivity contribution in [3.05, 3.63) is 16.0 Å². The molecule has 1 aromatic heterocycles. The Balaban J connectivity index is 2.28. The van der Waals surface area contributed by atoms with Crippen LogP contribution in [0.2, 0.25) is 0 Å². The number of rotatable bonds is 3. The quantitative estimate of drug-likeness (QED) is 0.841. The van der Waals surface area contributed by atoms with Crippen LogP contribution in [0.5, 0.6) is 0 Å². The summed E-state index contributed by atoms with van der Waals surface area (Å²) in [5.74, 6) is -0.907. The van der Waals surface area contributed by atoms with Crippen LogP contribution < -0.4 is 5.32 Å². The predicted octanol–water partition coefficient (Wildman–Crippen LogP) is 2.00. The van der Waals surface area contributed by atoms with E-state index < -0.39 is 5.97 Å². The van der Waals surface area contributed by atoms with E-state index in [9.17, 15) is 4.79 Å². The van der Waals surface area contributed by atoms with Gasteiger partial charge in [-0.2, -0.15) is 5.26 Å². The first-order chi connectivity index (χ1) is 7.72. The summed E-state index contributed by atoms with van der Waals surface area (Å²) in [7, 11) is 0. The number of hydrogen-bond donors (Lipinski definition) is 2. The molecule has 1 aromatic rings. The summed E-state index contributed by atoms with van der Waals surface area (Å²) in [6, 6.07) is 2.18. The Bertz CT molecular complexity index is 459. The van der Waals surface area contributed by atoms with Crippen LogP contribution in [-0.2, 0) is 17.6 Å². The van der Waals surface area contributed by atoms with Gasteiger partial charge in [0.15, 0.2) is 0 Å². The van der Waals surface area contributed by atoms with Crippen molar-refractivity contribution in [1.82, 2.24) is 0 Å². The lowest BCUT2D eigenvalue weighted by molar-refractivity contribution is -0.134. The topological polar surface area (TPSA) is 73.1 Å². The van der Waals surface area contributed by atoms with Crippen molar-refractivity contribution >= 4 is 22.3 Å². The lowest BCUT2D eigenvalue weighted by Gasteiger charge is -2.09. The molecule has 0 aromatic carbocycles. The van der Waals surface area contributed by atoms with Gasteiger partial charge in [-0.1, -0.05) is 0 Å². The minimum atomic E-state index is -0.907. The van der Waals surface area contributed by atoms with Crippen LogP contribution in [0.3, 0.4) is 0 Å². The van der Waals surface area contributed by atoms with E-state index in [1.54, 1.807) is 0 Å². The summed E-state index contributed by atoms with van der Waals surface area (Å²) in [6.07, 6.45) is 4.25. The zero-order valence-electron chi connectivity index (χ0n) is 8.75. The van der Waals surface area contributed by atoms with E-state index in [-0.39, 0.29) is 6.54 Å². The molecule has 4 nitrogen and oxygen atoms in total. The van der Waals surface area contributed by atoms with Crippen LogP contribution in [0.1, 0.15) is 28.8 Å². The Kier molecular flexibility index (Phi) is 3.11. The smallest absolute Gasteiger partial charge is 0.322 e. The largest absolute Gasteiger partial charge is 0.480 e. The van der Waals surface area contributed by atoms with Crippen molar-refractivity contribution in [1.29, 1.82) is 5.26 Å². The van der Waals surface area contributed by atoms with Crippen molar-refractivity contribution in [3.8, 4) is 6.07 Å². The average molecular weight is 236 g/mol. The number of nitrogens with zero attached hydrogens (tertiary/aromatic N) is 1. The Hall–Kier alpha value is -1.54. The fraction of sp³-hybridized carbons (Fsp3) is 0.455. The minimum absolute atomic E-state index is 0.131. The second-order valence-electron chi connectivity index (χ2n) is 3.77. The van der Waals surface area contributed by atoms with E-state index in [2.05, 4.69) is 11.4 Å². The molecular weight excluding hydrogens is 224 g/mol. The highest BCUT2D eigenvalue weighted by atomic mass is 32.1. The molecule has 5 heteroatoms. The molecule has 2 rings (SSSR count). The summed E-state index contributed by atoms with van der Waals surface area (Å²) in [6.45, 7) is -0.131. The number of hydrogen-bond acceptors (Lipinski definition) is 4. The molecule has 0 fully saturated rings. The number of fused-ring (bicyclic) bond motifs is 1. The third kappa shape index (κ3) is 2.02. The van der Waals surface area contributed by atoms with Crippen molar-refractivity contribution in [2.24, 2.45) is 0 Å². The van der Waals surface area contributed by atoms with Crippen molar-refractivity contribution in [3.63, 3.8) is 0 Å². The van der Waals surface area contributed by atoms with Gasteiger partial charge in [0.25, 0.3) is 0 Å². The van der Waals surface area contributed by atoms with Crippen molar-refractivity contribution in [2.75, 3.05) is 11.9 Å². The number of aryl methyl sites for hydroxylation is 1. The lowest BCUT2D eigenvalue weighted by atomic mass is 9.96. The van der Waals surface area contributed by atoms with Crippen molar-refractivity contribution in [2.45, 2.75) is 25.7 Å². The summed E-state index contributed by atoms with van der Waals surface area (Å²) in [4.78, 5) is 11.7. The van der Waals surface area contributed by atoms with Gasteiger partial charge in [-0.15, -0.1) is 11.3 Å². The molecule has 0 unspecified atom stereocenters. The molecule has 1 aliphatic rings. The fourth-order valence-corrected chi connectivity index (χ4v) is 3.20. The molecule has 0 bridgehead atoms. The van der Waals surface area contributed by atoms with Crippen LogP contribution in [0.4, 0.5) is 5.00 Å². The molecule has 0 saturated carbocycles. The number of aliphatic carboxylic acids is 1. The van der Waals surface area contributed by atoms with Crippen LogP contribution in [0, 0.1) is 11.3 Å². The second-order valence-corrected chi connectivity index (χ2v) is 4.88. The van der Waals surface area contributed by atoms with Crippen LogP contribution in [0.25, 0.3) is 0 Å². The molecule has 1 aliphatic carbocycles. The van der Waals surface area contributed by atoms with Gasteiger partial charge in [0, 0.05) is 4.88 Å². The molecule has 0 aliphatic heterocycles. The van der Waals surface area contributed by atoms with Gasteiger partial charge < -0.3 is 10.4 Å². The number of carboxylic acids is 1. The first-order valence-corrected chi connectivity index (χ1v) is 6.04. The Labute approximate surface area is 97.5 Å². The van der Waals surface area contributed by atoms with Gasteiger partial charge in [0.2, 0.25) is 0 Å². The Morgan fingerprint density at radius 2 is 2.25 bits per heavy atom. The van der Waals surface area contributed by atoms with Gasteiger partial charge in [0.1, 0.15) is 17.6 Å².